The smallest absolute Gasteiger partial charge is 0.188 e. The number of hydrogen-bond acceptors (Lipinski definition) is 2. The molecule has 0 aliphatic heterocycles. The van der Waals surface area contributed by atoms with Crippen LogP contribution >= 0.6 is 0 Å². The monoisotopic (exact) mass is 182 g/mol. The van der Waals surface area contributed by atoms with Crippen molar-refractivity contribution in [2.24, 2.45) is 0 Å². The summed E-state index contributed by atoms with van der Waals surface area (Å²) in [5.41, 5.74) is 1.16. The predicted molar refractivity (Wildman–Crippen MR) is 47.3 cm³/mol. The van der Waals surface area contributed by atoms with Crippen LogP contribution in [0, 0.1) is 12.7 Å². The third-order valence-electron chi connectivity index (χ3n) is 1.76. The van der Waals surface area contributed by atoms with Gasteiger partial charge in [0.2, 0.25) is 0 Å². The maximum Gasteiger partial charge on any atom is 0.188 e. The average Bonchev–Trinajstić information content (AvgIpc) is 2.04. The van der Waals surface area contributed by atoms with Crippen LogP contribution in [-0.2, 0) is 4.74 Å². The van der Waals surface area contributed by atoms with E-state index in [0.29, 0.717) is 11.1 Å². The van der Waals surface area contributed by atoms with Crippen LogP contribution in [0.5, 0.6) is 0 Å². The summed E-state index contributed by atoms with van der Waals surface area (Å²) in [6.45, 7) is 1.73. The first-order valence-electron chi connectivity index (χ1n) is 3.93. The van der Waals surface area contributed by atoms with Crippen LogP contribution in [0.4, 0.5) is 4.39 Å². The summed E-state index contributed by atoms with van der Waals surface area (Å²) in [6.07, 6.45) is 0. The lowest BCUT2D eigenvalue weighted by atomic mass is 10.1. The van der Waals surface area contributed by atoms with Crippen molar-refractivity contribution in [2.75, 3.05) is 13.7 Å². The van der Waals surface area contributed by atoms with Gasteiger partial charge in [0.25, 0.3) is 0 Å². The highest BCUT2D eigenvalue weighted by Gasteiger charge is 2.08. The molecule has 0 spiro atoms. The molecule has 1 aromatic carbocycles. The van der Waals surface area contributed by atoms with Crippen LogP contribution < -0.4 is 0 Å². The molecule has 0 saturated heterocycles. The van der Waals surface area contributed by atoms with E-state index >= 15 is 0 Å². The van der Waals surface area contributed by atoms with Gasteiger partial charge in [0.15, 0.2) is 5.78 Å². The molecule has 0 atom stereocenters. The molecule has 1 aromatic rings. The van der Waals surface area contributed by atoms with Crippen LogP contribution in [0.2, 0.25) is 0 Å². The number of carbonyl (C=O) groups is 1. The molecule has 0 aliphatic rings. The number of methoxy groups -OCH3 is 1. The number of carbonyl (C=O) groups excluding carboxylic acids is 1. The van der Waals surface area contributed by atoms with Gasteiger partial charge in [0.05, 0.1) is 0 Å². The van der Waals surface area contributed by atoms with Gasteiger partial charge in [-0.15, -0.1) is 0 Å². The van der Waals surface area contributed by atoms with Crippen LogP contribution in [-0.4, -0.2) is 19.5 Å². The first kappa shape index (κ1) is 9.86. The number of hydrogen-bond donors (Lipinski definition) is 0. The Morgan fingerprint density at radius 3 is 2.77 bits per heavy atom. The molecule has 0 fully saturated rings. The number of rotatable bonds is 3. The topological polar surface area (TPSA) is 26.3 Å². The molecule has 0 aliphatic carbocycles. The molecule has 70 valence electrons. The van der Waals surface area contributed by atoms with Gasteiger partial charge in [0.1, 0.15) is 12.4 Å². The second-order valence-electron chi connectivity index (χ2n) is 2.82. The molecule has 0 unspecified atom stereocenters. The predicted octanol–water partition coefficient (Wildman–Crippen LogP) is 1.96. The van der Waals surface area contributed by atoms with E-state index in [2.05, 4.69) is 0 Å². The van der Waals surface area contributed by atoms with Crippen molar-refractivity contribution in [3.8, 4) is 0 Å². The van der Waals surface area contributed by atoms with E-state index in [-0.39, 0.29) is 18.2 Å². The molecular formula is C10H11FO2. The van der Waals surface area contributed by atoms with Crippen LogP contribution in [0.3, 0.4) is 0 Å². The fourth-order valence-electron chi connectivity index (χ4n) is 1.15. The van der Waals surface area contributed by atoms with Crippen LogP contribution in [0.25, 0.3) is 0 Å². The first-order valence-corrected chi connectivity index (χ1v) is 3.93. The van der Waals surface area contributed by atoms with Crippen molar-refractivity contribution in [2.45, 2.75) is 6.92 Å². The fraction of sp³-hybridized carbons (Fsp3) is 0.300. The van der Waals surface area contributed by atoms with E-state index in [9.17, 15) is 9.18 Å². The average molecular weight is 182 g/mol. The summed E-state index contributed by atoms with van der Waals surface area (Å²) in [7, 11) is 1.46. The molecule has 0 heterocycles. The van der Waals surface area contributed by atoms with Crippen molar-refractivity contribution in [3.63, 3.8) is 0 Å². The Morgan fingerprint density at radius 1 is 1.54 bits per heavy atom. The SMILES string of the molecule is COCC(=O)c1ccc(F)cc1C. The Bertz CT molecular complexity index is 321. The minimum Gasteiger partial charge on any atom is -0.377 e. The highest BCUT2D eigenvalue weighted by atomic mass is 19.1. The Hall–Kier alpha value is -1.22. The van der Waals surface area contributed by atoms with E-state index in [0.717, 1.165) is 0 Å². The van der Waals surface area contributed by atoms with E-state index in [4.69, 9.17) is 4.74 Å². The van der Waals surface area contributed by atoms with Gasteiger partial charge in [0, 0.05) is 12.7 Å². The molecule has 0 bridgehead atoms. The quantitative estimate of drug-likeness (QED) is 0.668. The highest BCUT2D eigenvalue weighted by Crippen LogP contribution is 2.10. The van der Waals surface area contributed by atoms with Crippen molar-refractivity contribution in [3.05, 3.63) is 35.1 Å². The van der Waals surface area contributed by atoms with Crippen molar-refractivity contribution in [1.29, 1.82) is 0 Å². The maximum absolute atomic E-state index is 12.7. The fourth-order valence-corrected chi connectivity index (χ4v) is 1.15. The Balaban J connectivity index is 2.95. The lowest BCUT2D eigenvalue weighted by Gasteiger charge is -2.03. The number of halogens is 1. The van der Waals surface area contributed by atoms with E-state index < -0.39 is 0 Å². The van der Waals surface area contributed by atoms with Crippen LogP contribution in [0.1, 0.15) is 15.9 Å². The van der Waals surface area contributed by atoms with Gasteiger partial charge in [-0.2, -0.15) is 0 Å². The zero-order valence-electron chi connectivity index (χ0n) is 7.63. The summed E-state index contributed by atoms with van der Waals surface area (Å²) in [5, 5.41) is 0. The molecule has 0 aromatic heterocycles. The Kier molecular flexibility index (Phi) is 3.14. The molecule has 0 N–H and O–H groups in total. The van der Waals surface area contributed by atoms with Crippen molar-refractivity contribution in [1.82, 2.24) is 0 Å². The van der Waals surface area contributed by atoms with E-state index in [1.807, 2.05) is 0 Å². The minimum atomic E-state index is -0.327. The van der Waals surface area contributed by atoms with Gasteiger partial charge in [-0.05, 0) is 30.7 Å². The molecule has 0 saturated carbocycles. The normalized spacial score (nSPS) is 10.1. The van der Waals surface area contributed by atoms with Gasteiger partial charge >= 0.3 is 0 Å². The summed E-state index contributed by atoms with van der Waals surface area (Å²) in [4.78, 5) is 11.3. The van der Waals surface area contributed by atoms with Gasteiger partial charge in [-0.3, -0.25) is 4.79 Å². The summed E-state index contributed by atoms with van der Waals surface area (Å²) < 4.78 is 17.4. The lowest BCUT2D eigenvalue weighted by molar-refractivity contribution is 0.0847. The second kappa shape index (κ2) is 4.14. The molecule has 1 rings (SSSR count). The Labute approximate surface area is 76.3 Å². The second-order valence-corrected chi connectivity index (χ2v) is 2.82. The van der Waals surface area contributed by atoms with E-state index in [1.165, 1.54) is 25.3 Å². The number of aryl methyl sites for hydroxylation is 1. The zero-order chi connectivity index (χ0) is 9.84. The maximum atomic E-state index is 12.7. The van der Waals surface area contributed by atoms with Gasteiger partial charge < -0.3 is 4.74 Å². The third-order valence-corrected chi connectivity index (χ3v) is 1.76. The summed E-state index contributed by atoms with van der Waals surface area (Å²) in [6, 6.07) is 4.09. The van der Waals surface area contributed by atoms with Crippen molar-refractivity contribution >= 4 is 5.78 Å². The summed E-state index contributed by atoms with van der Waals surface area (Å²) >= 11 is 0. The van der Waals surface area contributed by atoms with Crippen LogP contribution in [0.15, 0.2) is 18.2 Å². The first-order chi connectivity index (χ1) is 6.15. The lowest BCUT2D eigenvalue weighted by Crippen LogP contribution is -2.08. The van der Waals surface area contributed by atoms with E-state index in [1.54, 1.807) is 6.92 Å². The van der Waals surface area contributed by atoms with Crippen molar-refractivity contribution < 1.29 is 13.9 Å². The molecule has 0 amide bonds. The number of ether oxygens (including phenoxy) is 1. The minimum absolute atomic E-state index is 0.0342. The number of benzene rings is 1. The molecule has 2 nitrogen and oxygen atoms in total. The standard InChI is InChI=1S/C10H11FO2/c1-7-5-8(11)3-4-9(7)10(12)6-13-2/h3-5H,6H2,1-2H3. The molecule has 3 heteroatoms. The van der Waals surface area contributed by atoms with Gasteiger partial charge in [-0.1, -0.05) is 0 Å². The number of Topliss-reactive ketones (excluding diaryl/α,β-unsaturated/α-hetero) is 1. The highest BCUT2D eigenvalue weighted by molar-refractivity contribution is 5.98. The number of ketones is 1. The largest absolute Gasteiger partial charge is 0.377 e. The molecule has 13 heavy (non-hydrogen) atoms. The third kappa shape index (κ3) is 2.36. The summed E-state index contributed by atoms with van der Waals surface area (Å²) in [5.74, 6) is -0.452. The molecular weight excluding hydrogens is 171 g/mol. The van der Waals surface area contributed by atoms with Gasteiger partial charge in [-0.25, -0.2) is 4.39 Å². The zero-order valence-corrected chi connectivity index (χ0v) is 7.63. The Morgan fingerprint density at radius 2 is 2.23 bits per heavy atom. The molecule has 0 radical (unpaired) electrons.